The number of aromatic nitrogens is 2. The summed E-state index contributed by atoms with van der Waals surface area (Å²) in [5, 5.41) is 7.97. The lowest BCUT2D eigenvalue weighted by molar-refractivity contribution is 0.108. The maximum absolute atomic E-state index is 5.54. The molecule has 0 amide bonds. The number of ether oxygens (including phenoxy) is 1. The Bertz CT molecular complexity index is 336. The Hall–Kier alpha value is -0.870. The molecule has 0 aliphatic heterocycles. The first-order chi connectivity index (χ1) is 9.13. The zero-order valence-corrected chi connectivity index (χ0v) is 12.9. The van der Waals surface area contributed by atoms with Gasteiger partial charge >= 0.3 is 0 Å². The molecule has 19 heavy (non-hydrogen) atoms. The van der Waals surface area contributed by atoms with Crippen molar-refractivity contribution in [2.45, 2.75) is 53.1 Å². The molecule has 0 bridgehead atoms. The van der Waals surface area contributed by atoms with Crippen molar-refractivity contribution in [3.05, 3.63) is 18.0 Å². The van der Waals surface area contributed by atoms with Crippen molar-refractivity contribution in [1.29, 1.82) is 0 Å². The Morgan fingerprint density at radius 2 is 2.16 bits per heavy atom. The lowest BCUT2D eigenvalue weighted by atomic mass is 10.2. The quantitative estimate of drug-likeness (QED) is 0.662. The fourth-order valence-corrected chi connectivity index (χ4v) is 1.74. The molecule has 4 heteroatoms. The van der Waals surface area contributed by atoms with Crippen LogP contribution in [0.3, 0.4) is 0 Å². The van der Waals surface area contributed by atoms with Crippen LogP contribution >= 0.6 is 0 Å². The molecule has 1 atom stereocenters. The number of nitrogens with one attached hydrogen (secondary N) is 1. The van der Waals surface area contributed by atoms with E-state index in [1.54, 1.807) is 0 Å². The van der Waals surface area contributed by atoms with Gasteiger partial charge in [-0.3, -0.25) is 4.68 Å². The minimum atomic E-state index is 0.484. The minimum Gasteiger partial charge on any atom is -0.381 e. The Morgan fingerprint density at radius 3 is 2.84 bits per heavy atom. The third kappa shape index (κ3) is 6.73. The van der Waals surface area contributed by atoms with Crippen molar-refractivity contribution in [1.82, 2.24) is 15.1 Å². The molecule has 0 aromatic carbocycles. The van der Waals surface area contributed by atoms with E-state index in [1.165, 1.54) is 0 Å². The van der Waals surface area contributed by atoms with Crippen LogP contribution in [0.5, 0.6) is 0 Å². The third-order valence-corrected chi connectivity index (χ3v) is 3.11. The van der Waals surface area contributed by atoms with E-state index in [-0.39, 0.29) is 0 Å². The van der Waals surface area contributed by atoms with Crippen LogP contribution in [0.1, 0.15) is 52.3 Å². The highest BCUT2D eigenvalue weighted by Gasteiger charge is 2.03. The summed E-state index contributed by atoms with van der Waals surface area (Å²) in [5.74, 6) is 0.623. The van der Waals surface area contributed by atoms with Crippen molar-refractivity contribution >= 4 is 0 Å². The van der Waals surface area contributed by atoms with Crippen LogP contribution in [0, 0.1) is 5.92 Å². The summed E-state index contributed by atoms with van der Waals surface area (Å²) < 4.78 is 7.58. The predicted octanol–water partition coefficient (Wildman–Crippen LogP) is 3.01. The first-order valence-corrected chi connectivity index (χ1v) is 7.46. The summed E-state index contributed by atoms with van der Waals surface area (Å²) >= 11 is 0. The van der Waals surface area contributed by atoms with E-state index in [1.807, 2.05) is 4.68 Å². The highest BCUT2D eigenvalue weighted by atomic mass is 16.5. The van der Waals surface area contributed by atoms with Crippen LogP contribution in [-0.4, -0.2) is 29.5 Å². The lowest BCUT2D eigenvalue weighted by Crippen LogP contribution is -2.17. The molecule has 0 spiro atoms. The molecule has 110 valence electrons. The highest BCUT2D eigenvalue weighted by Crippen LogP contribution is 2.08. The molecule has 1 unspecified atom stereocenters. The van der Waals surface area contributed by atoms with Crippen LogP contribution in [0.15, 0.2) is 12.3 Å². The van der Waals surface area contributed by atoms with Gasteiger partial charge in [0.05, 0.1) is 5.69 Å². The first-order valence-electron chi connectivity index (χ1n) is 7.46. The second-order valence-corrected chi connectivity index (χ2v) is 5.54. The fourth-order valence-electron chi connectivity index (χ4n) is 1.74. The van der Waals surface area contributed by atoms with Crippen molar-refractivity contribution in [2.75, 3.05) is 19.8 Å². The molecular formula is C15H29N3O. The molecule has 0 saturated carbocycles. The van der Waals surface area contributed by atoms with Crippen molar-refractivity contribution < 1.29 is 4.74 Å². The van der Waals surface area contributed by atoms with E-state index in [4.69, 9.17) is 4.74 Å². The largest absolute Gasteiger partial charge is 0.381 e. The van der Waals surface area contributed by atoms with Gasteiger partial charge in [0, 0.05) is 32.0 Å². The van der Waals surface area contributed by atoms with Crippen LogP contribution < -0.4 is 5.32 Å². The summed E-state index contributed by atoms with van der Waals surface area (Å²) in [7, 11) is 0. The zero-order valence-electron chi connectivity index (χ0n) is 12.9. The maximum Gasteiger partial charge on any atom is 0.0762 e. The molecule has 0 radical (unpaired) electrons. The van der Waals surface area contributed by atoms with Gasteiger partial charge in [-0.1, -0.05) is 20.8 Å². The minimum absolute atomic E-state index is 0.484. The molecule has 0 aliphatic rings. The van der Waals surface area contributed by atoms with Gasteiger partial charge in [0.2, 0.25) is 0 Å². The van der Waals surface area contributed by atoms with Gasteiger partial charge in [-0.25, -0.2) is 0 Å². The smallest absolute Gasteiger partial charge is 0.0762 e. The highest BCUT2D eigenvalue weighted by molar-refractivity contribution is 4.99. The molecule has 0 fully saturated rings. The van der Waals surface area contributed by atoms with E-state index in [0.717, 1.165) is 44.8 Å². The second-order valence-electron chi connectivity index (χ2n) is 5.54. The Kier molecular flexibility index (Phi) is 7.75. The first kappa shape index (κ1) is 16.2. The Balaban J connectivity index is 2.08. The fraction of sp³-hybridized carbons (Fsp3) is 0.800. The van der Waals surface area contributed by atoms with Crippen LogP contribution in [0.25, 0.3) is 0 Å². The average Bonchev–Trinajstić information content (AvgIpc) is 2.85. The van der Waals surface area contributed by atoms with Crippen molar-refractivity contribution in [2.24, 2.45) is 5.92 Å². The monoisotopic (exact) mass is 267 g/mol. The van der Waals surface area contributed by atoms with Gasteiger partial charge in [-0.15, -0.1) is 0 Å². The van der Waals surface area contributed by atoms with E-state index >= 15 is 0 Å². The molecule has 0 aliphatic carbocycles. The summed E-state index contributed by atoms with van der Waals surface area (Å²) in [6, 6.07) is 2.58. The van der Waals surface area contributed by atoms with Crippen LogP contribution in [0.4, 0.5) is 0 Å². The van der Waals surface area contributed by atoms with Gasteiger partial charge in [0.15, 0.2) is 0 Å². The number of hydrogen-bond acceptors (Lipinski definition) is 3. The standard InChI is InChI=1S/C15H29N3O/c1-5-14(4)18-9-7-15(17-18)11-16-8-6-10-19-12-13(2)3/h7,9,13-14,16H,5-6,8,10-12H2,1-4H3. The molecule has 4 nitrogen and oxygen atoms in total. The predicted molar refractivity (Wildman–Crippen MR) is 79.2 cm³/mol. The summed E-state index contributed by atoms with van der Waals surface area (Å²) in [6.45, 7) is 12.2. The lowest BCUT2D eigenvalue weighted by Gasteiger charge is -2.08. The molecule has 1 N–H and O–H groups in total. The van der Waals surface area contributed by atoms with Crippen LogP contribution in [-0.2, 0) is 11.3 Å². The zero-order chi connectivity index (χ0) is 14.1. The van der Waals surface area contributed by atoms with Crippen molar-refractivity contribution in [3.63, 3.8) is 0 Å². The summed E-state index contributed by atoms with van der Waals surface area (Å²) in [4.78, 5) is 0. The number of hydrogen-bond donors (Lipinski definition) is 1. The number of rotatable bonds is 10. The van der Waals surface area contributed by atoms with Gasteiger partial charge in [-0.05, 0) is 38.3 Å². The van der Waals surface area contributed by atoms with E-state index in [9.17, 15) is 0 Å². The maximum atomic E-state index is 5.54. The number of nitrogens with zero attached hydrogens (tertiary/aromatic N) is 2. The van der Waals surface area contributed by atoms with Crippen molar-refractivity contribution in [3.8, 4) is 0 Å². The summed E-state index contributed by atoms with van der Waals surface area (Å²) in [6.07, 6.45) is 4.23. The van der Waals surface area contributed by atoms with Gasteiger partial charge < -0.3 is 10.1 Å². The Labute approximate surface area is 117 Å². The van der Waals surface area contributed by atoms with E-state index < -0.39 is 0 Å². The van der Waals surface area contributed by atoms with Crippen LogP contribution in [0.2, 0.25) is 0 Å². The normalized spacial score (nSPS) is 13.1. The second kappa shape index (κ2) is 9.10. The molecule has 1 rings (SSSR count). The van der Waals surface area contributed by atoms with Gasteiger partial charge in [-0.2, -0.15) is 5.10 Å². The van der Waals surface area contributed by atoms with Gasteiger partial charge in [0.25, 0.3) is 0 Å². The average molecular weight is 267 g/mol. The molecular weight excluding hydrogens is 238 g/mol. The molecule has 0 saturated heterocycles. The Morgan fingerprint density at radius 1 is 1.37 bits per heavy atom. The van der Waals surface area contributed by atoms with E-state index in [0.29, 0.717) is 12.0 Å². The molecule has 1 aromatic heterocycles. The molecule has 1 heterocycles. The van der Waals surface area contributed by atoms with Gasteiger partial charge in [0.1, 0.15) is 0 Å². The van der Waals surface area contributed by atoms with E-state index in [2.05, 4.69) is 50.4 Å². The topological polar surface area (TPSA) is 39.1 Å². The third-order valence-electron chi connectivity index (χ3n) is 3.11. The SMILES string of the molecule is CCC(C)n1ccc(CNCCCOCC(C)C)n1. The summed E-state index contributed by atoms with van der Waals surface area (Å²) in [5.41, 5.74) is 1.11. The molecule has 1 aromatic rings.